The van der Waals surface area contributed by atoms with Crippen molar-refractivity contribution in [3.63, 3.8) is 0 Å². The zero-order chi connectivity index (χ0) is 7.11. The zero-order valence-electron chi connectivity index (χ0n) is 5.21. The average molecular weight is 150 g/mol. The number of rotatable bonds is 4. The third kappa shape index (κ3) is 10.8. The number of carbonyl (C=O) groups is 1. The minimum atomic E-state index is -0.760. The van der Waals surface area contributed by atoms with Gasteiger partial charge in [-0.15, -0.1) is 0 Å². The topological polar surface area (TPSA) is 37.3 Å². The van der Waals surface area contributed by atoms with Gasteiger partial charge in [-0.25, -0.2) is 0 Å². The quantitative estimate of drug-likeness (QED) is 0.478. The summed E-state index contributed by atoms with van der Waals surface area (Å²) in [6.45, 7) is 3.44. The van der Waals surface area contributed by atoms with Crippen molar-refractivity contribution in [1.29, 1.82) is 0 Å². The third-order valence-corrected chi connectivity index (χ3v) is 0.797. The second-order valence-electron chi connectivity index (χ2n) is 1.60. The number of carboxylic acids is 1. The Hall–Kier alpha value is -0.0500. The zero-order valence-corrected chi connectivity index (χ0v) is 5.21. The van der Waals surface area contributed by atoms with Gasteiger partial charge in [0, 0.05) is 6.42 Å². The van der Waals surface area contributed by atoms with Crippen LogP contribution in [-0.2, 0) is 4.79 Å². The van der Waals surface area contributed by atoms with E-state index >= 15 is 0 Å². The molecule has 0 aliphatic heterocycles. The fourth-order valence-electron chi connectivity index (χ4n) is 0.399. The summed E-state index contributed by atoms with van der Waals surface area (Å²) in [4.78, 5) is 9.90. The molecule has 0 aliphatic carbocycles. The van der Waals surface area contributed by atoms with Crippen LogP contribution in [0.3, 0.4) is 0 Å². The normalized spacial score (nSPS) is 8.80. The van der Waals surface area contributed by atoms with Crippen molar-refractivity contribution in [2.45, 2.75) is 12.8 Å². The summed E-state index contributed by atoms with van der Waals surface area (Å²) in [6, 6.07) is 0. The molecule has 0 spiro atoms. The Labute approximate surface area is 82.9 Å². The molecular weight excluding hydrogens is 139 g/mol. The van der Waals surface area contributed by atoms with Crippen LogP contribution >= 0.6 is 0 Å². The van der Waals surface area contributed by atoms with Crippen molar-refractivity contribution >= 4 is 35.5 Å². The van der Waals surface area contributed by atoms with E-state index in [2.05, 4.69) is 6.58 Å². The molecule has 0 aromatic heterocycles. The molecule has 2 nitrogen and oxygen atoms in total. The summed E-state index contributed by atoms with van der Waals surface area (Å²) in [6.07, 6.45) is 5.93. The van der Waals surface area contributed by atoms with Gasteiger partial charge in [0.1, 0.15) is 0 Å². The summed E-state index contributed by atoms with van der Waals surface area (Å²) >= 11 is 0. The molecule has 0 saturated heterocycles. The molecule has 0 aliphatic rings. The Morgan fingerprint density at radius 2 is 2.20 bits per heavy atom. The summed E-state index contributed by atoms with van der Waals surface area (Å²) in [5.41, 5.74) is 0. The van der Waals surface area contributed by atoms with Crippen LogP contribution in [-0.4, -0.2) is 40.6 Å². The SMILES string of the molecule is C=CC=CCCC(=O)O.[NaH]. The maximum absolute atomic E-state index is 9.90. The van der Waals surface area contributed by atoms with E-state index in [1.165, 1.54) is 0 Å². The molecule has 3 heteroatoms. The summed E-state index contributed by atoms with van der Waals surface area (Å²) in [5.74, 6) is -0.760. The second kappa shape index (κ2) is 8.95. The summed E-state index contributed by atoms with van der Waals surface area (Å²) in [5, 5.41) is 8.15. The van der Waals surface area contributed by atoms with Gasteiger partial charge in [-0.3, -0.25) is 4.79 Å². The average Bonchev–Trinajstić information content (AvgIpc) is 1.80. The molecule has 0 saturated carbocycles. The second-order valence-corrected chi connectivity index (χ2v) is 1.60. The fourth-order valence-corrected chi connectivity index (χ4v) is 0.399. The van der Waals surface area contributed by atoms with Gasteiger partial charge in [0.15, 0.2) is 0 Å². The number of hydrogen-bond donors (Lipinski definition) is 1. The molecule has 0 aromatic carbocycles. The van der Waals surface area contributed by atoms with Crippen LogP contribution in [0.1, 0.15) is 12.8 Å². The van der Waals surface area contributed by atoms with E-state index in [4.69, 9.17) is 5.11 Å². The predicted octanol–water partition coefficient (Wildman–Crippen LogP) is 0.945. The van der Waals surface area contributed by atoms with E-state index in [-0.39, 0.29) is 36.0 Å². The van der Waals surface area contributed by atoms with E-state index in [0.29, 0.717) is 6.42 Å². The molecule has 0 rings (SSSR count). The van der Waals surface area contributed by atoms with E-state index in [1.807, 2.05) is 0 Å². The third-order valence-electron chi connectivity index (χ3n) is 0.797. The predicted molar refractivity (Wildman–Crippen MR) is 43.4 cm³/mol. The van der Waals surface area contributed by atoms with Crippen LogP contribution in [0, 0.1) is 0 Å². The van der Waals surface area contributed by atoms with E-state index in [1.54, 1.807) is 18.2 Å². The van der Waals surface area contributed by atoms with Gasteiger partial charge in [-0.05, 0) is 6.42 Å². The first-order valence-corrected chi connectivity index (χ1v) is 2.76. The molecule has 0 fully saturated rings. The number of allylic oxidation sites excluding steroid dienone is 3. The molecule has 0 unspecified atom stereocenters. The van der Waals surface area contributed by atoms with Crippen molar-refractivity contribution < 1.29 is 9.90 Å². The molecular formula is C7H11NaO2. The van der Waals surface area contributed by atoms with Crippen molar-refractivity contribution in [1.82, 2.24) is 0 Å². The Bertz CT molecular complexity index is 130. The summed E-state index contributed by atoms with van der Waals surface area (Å²) in [7, 11) is 0. The maximum atomic E-state index is 9.90. The Kier molecular flexibility index (Phi) is 11.3. The van der Waals surface area contributed by atoms with Crippen LogP contribution in [0.15, 0.2) is 24.8 Å². The van der Waals surface area contributed by atoms with Gasteiger partial charge < -0.3 is 5.11 Å². The van der Waals surface area contributed by atoms with Gasteiger partial charge in [0.25, 0.3) is 0 Å². The number of hydrogen-bond acceptors (Lipinski definition) is 1. The first-order chi connectivity index (χ1) is 4.27. The minimum absolute atomic E-state index is 0. The number of aliphatic carboxylic acids is 1. The van der Waals surface area contributed by atoms with Crippen LogP contribution in [0.4, 0.5) is 0 Å². The first-order valence-electron chi connectivity index (χ1n) is 2.76. The van der Waals surface area contributed by atoms with E-state index < -0.39 is 5.97 Å². The van der Waals surface area contributed by atoms with E-state index in [0.717, 1.165) is 0 Å². The van der Waals surface area contributed by atoms with Gasteiger partial charge in [0.05, 0.1) is 0 Å². The van der Waals surface area contributed by atoms with Crippen LogP contribution in [0.2, 0.25) is 0 Å². The molecule has 52 valence electrons. The van der Waals surface area contributed by atoms with Gasteiger partial charge >= 0.3 is 35.5 Å². The van der Waals surface area contributed by atoms with Crippen LogP contribution in [0.5, 0.6) is 0 Å². The molecule has 0 atom stereocenters. The van der Waals surface area contributed by atoms with Crippen molar-refractivity contribution in [2.24, 2.45) is 0 Å². The van der Waals surface area contributed by atoms with Crippen molar-refractivity contribution in [3.8, 4) is 0 Å². The van der Waals surface area contributed by atoms with Crippen LogP contribution < -0.4 is 0 Å². The number of carboxylic acid groups (broad SMARTS) is 1. The molecule has 1 N–H and O–H groups in total. The summed E-state index contributed by atoms with van der Waals surface area (Å²) < 4.78 is 0. The van der Waals surface area contributed by atoms with Crippen molar-refractivity contribution in [2.75, 3.05) is 0 Å². The Morgan fingerprint density at radius 1 is 1.60 bits per heavy atom. The molecule has 0 heterocycles. The Morgan fingerprint density at radius 3 is 2.60 bits per heavy atom. The van der Waals surface area contributed by atoms with Gasteiger partial charge in [-0.2, -0.15) is 0 Å². The molecule has 0 bridgehead atoms. The van der Waals surface area contributed by atoms with Gasteiger partial charge in [0.2, 0.25) is 0 Å². The van der Waals surface area contributed by atoms with Crippen molar-refractivity contribution in [3.05, 3.63) is 24.8 Å². The van der Waals surface area contributed by atoms with E-state index in [9.17, 15) is 4.79 Å². The Balaban J connectivity index is 0. The molecule has 0 aromatic rings. The van der Waals surface area contributed by atoms with Gasteiger partial charge in [-0.1, -0.05) is 24.8 Å². The first kappa shape index (κ1) is 12.6. The van der Waals surface area contributed by atoms with Crippen LogP contribution in [0.25, 0.3) is 0 Å². The molecule has 0 amide bonds. The standard InChI is InChI=1S/C7H10O2.Na.H/c1-2-3-4-5-6-7(8)9;;/h2-4H,1,5-6H2,(H,8,9);;. The molecule has 0 radical (unpaired) electrons. The molecule has 10 heavy (non-hydrogen) atoms. The monoisotopic (exact) mass is 150 g/mol. The fraction of sp³-hybridized carbons (Fsp3) is 0.286.